The zero-order chi connectivity index (χ0) is 16.5. The summed E-state index contributed by atoms with van der Waals surface area (Å²) in [5.74, 6) is 0.878. The number of aromatic hydroxyl groups is 1. The molecule has 0 spiro atoms. The number of allylic oxidation sites excluding steroid dienone is 5. The van der Waals surface area contributed by atoms with Crippen LogP contribution in [0.15, 0.2) is 84.2 Å². The largest absolute Gasteiger partial charge is 0.508 e. The van der Waals surface area contributed by atoms with E-state index in [1.165, 1.54) is 0 Å². The molecule has 4 nitrogen and oxygen atoms in total. The number of nitrogens with zero attached hydrogens (tertiary/aromatic N) is 2. The fourth-order valence-corrected chi connectivity index (χ4v) is 1.96. The minimum absolute atomic E-state index is 0.236. The highest BCUT2D eigenvalue weighted by Gasteiger charge is 1.99. The molecule has 2 rings (SSSR count). The van der Waals surface area contributed by atoms with Gasteiger partial charge in [-0.25, -0.2) is 4.98 Å². The van der Waals surface area contributed by atoms with Crippen molar-refractivity contribution in [3.63, 3.8) is 0 Å². The molecule has 0 saturated carbocycles. The molecule has 4 heteroatoms. The highest BCUT2D eigenvalue weighted by Crippen LogP contribution is 2.23. The smallest absolute Gasteiger partial charge is 0.146 e. The van der Waals surface area contributed by atoms with Gasteiger partial charge in [0, 0.05) is 11.8 Å². The van der Waals surface area contributed by atoms with Crippen molar-refractivity contribution in [1.29, 1.82) is 0 Å². The number of phenolic OH excluding ortho intramolecular Hbond substituents is 1. The Labute approximate surface area is 136 Å². The lowest BCUT2D eigenvalue weighted by Gasteiger charge is -2.04. The lowest BCUT2D eigenvalue weighted by molar-refractivity contribution is 0.475. The molecule has 2 aromatic rings. The van der Waals surface area contributed by atoms with Gasteiger partial charge in [0.15, 0.2) is 0 Å². The SMILES string of the molecule is C=C/C=C(\C=C/C)/C=N/Nc1ccc(-c2cccc(O)c2)cn1. The zero-order valence-corrected chi connectivity index (χ0v) is 13.0. The first kappa shape index (κ1) is 16.2. The van der Waals surface area contributed by atoms with Crippen molar-refractivity contribution in [1.82, 2.24) is 4.98 Å². The molecule has 0 aliphatic rings. The number of anilines is 1. The van der Waals surface area contributed by atoms with E-state index in [4.69, 9.17) is 0 Å². The zero-order valence-electron chi connectivity index (χ0n) is 13.0. The predicted octanol–water partition coefficient (Wildman–Crippen LogP) is 4.54. The van der Waals surface area contributed by atoms with Gasteiger partial charge < -0.3 is 5.11 Å². The lowest BCUT2D eigenvalue weighted by atomic mass is 10.1. The van der Waals surface area contributed by atoms with E-state index in [9.17, 15) is 5.11 Å². The van der Waals surface area contributed by atoms with Crippen LogP contribution in [0.1, 0.15) is 6.92 Å². The quantitative estimate of drug-likeness (QED) is 0.468. The molecule has 1 aromatic heterocycles. The minimum Gasteiger partial charge on any atom is -0.508 e. The van der Waals surface area contributed by atoms with Crippen molar-refractivity contribution in [3.05, 3.63) is 79.1 Å². The number of rotatable bonds is 6. The molecular formula is C19H19N3O. The number of hydrogen-bond donors (Lipinski definition) is 2. The molecular weight excluding hydrogens is 286 g/mol. The summed E-state index contributed by atoms with van der Waals surface area (Å²) in [5.41, 5.74) is 5.66. The Kier molecular flexibility index (Phi) is 5.89. The maximum atomic E-state index is 9.51. The molecule has 116 valence electrons. The summed E-state index contributed by atoms with van der Waals surface area (Å²) in [4.78, 5) is 4.31. The summed E-state index contributed by atoms with van der Waals surface area (Å²) in [5, 5.41) is 13.7. The van der Waals surface area contributed by atoms with Crippen LogP contribution in [0.2, 0.25) is 0 Å². The normalized spacial score (nSPS) is 12.0. The third-order valence-electron chi connectivity index (χ3n) is 3.01. The summed E-state index contributed by atoms with van der Waals surface area (Å²) < 4.78 is 0. The van der Waals surface area contributed by atoms with Gasteiger partial charge in [-0.3, -0.25) is 5.43 Å². The van der Waals surface area contributed by atoms with E-state index >= 15 is 0 Å². The summed E-state index contributed by atoms with van der Waals surface area (Å²) in [6, 6.07) is 10.8. The number of nitrogens with one attached hydrogen (secondary N) is 1. The number of hydrazone groups is 1. The molecule has 0 amide bonds. The van der Waals surface area contributed by atoms with Crippen molar-refractivity contribution in [3.8, 4) is 16.9 Å². The average molecular weight is 305 g/mol. The van der Waals surface area contributed by atoms with E-state index in [0.717, 1.165) is 16.7 Å². The first-order chi connectivity index (χ1) is 11.2. The Morgan fingerprint density at radius 1 is 1.26 bits per heavy atom. The fraction of sp³-hybridized carbons (Fsp3) is 0.0526. The molecule has 0 saturated heterocycles. The fourth-order valence-electron chi connectivity index (χ4n) is 1.96. The third-order valence-corrected chi connectivity index (χ3v) is 3.01. The van der Waals surface area contributed by atoms with Crippen molar-refractivity contribution in [2.24, 2.45) is 5.10 Å². The number of pyridine rings is 1. The first-order valence-corrected chi connectivity index (χ1v) is 7.23. The summed E-state index contributed by atoms with van der Waals surface area (Å²) in [6.07, 6.45) is 10.9. The maximum Gasteiger partial charge on any atom is 0.146 e. The number of aromatic nitrogens is 1. The Bertz CT molecular complexity index is 743. The Morgan fingerprint density at radius 2 is 2.13 bits per heavy atom. The topological polar surface area (TPSA) is 57.5 Å². The van der Waals surface area contributed by atoms with E-state index in [0.29, 0.717) is 5.82 Å². The van der Waals surface area contributed by atoms with Crippen molar-refractivity contribution >= 4 is 12.0 Å². The molecule has 0 aliphatic carbocycles. The van der Waals surface area contributed by atoms with E-state index < -0.39 is 0 Å². The van der Waals surface area contributed by atoms with Gasteiger partial charge in [-0.2, -0.15) is 5.10 Å². The highest BCUT2D eigenvalue weighted by atomic mass is 16.3. The van der Waals surface area contributed by atoms with Crippen LogP contribution in [-0.4, -0.2) is 16.3 Å². The van der Waals surface area contributed by atoms with Gasteiger partial charge in [0.1, 0.15) is 11.6 Å². The van der Waals surface area contributed by atoms with E-state index in [2.05, 4.69) is 22.1 Å². The van der Waals surface area contributed by atoms with Gasteiger partial charge in [0.05, 0.1) is 6.21 Å². The number of hydrogen-bond acceptors (Lipinski definition) is 4. The Balaban J connectivity index is 2.05. The van der Waals surface area contributed by atoms with Crippen molar-refractivity contribution in [2.45, 2.75) is 6.92 Å². The van der Waals surface area contributed by atoms with E-state index in [1.807, 2.05) is 43.4 Å². The molecule has 1 aromatic carbocycles. The monoisotopic (exact) mass is 305 g/mol. The molecule has 0 atom stereocenters. The molecule has 0 fully saturated rings. The second-order valence-electron chi connectivity index (χ2n) is 4.75. The Hall–Kier alpha value is -3.14. The molecule has 0 radical (unpaired) electrons. The molecule has 23 heavy (non-hydrogen) atoms. The van der Waals surface area contributed by atoms with Crippen LogP contribution in [0, 0.1) is 0 Å². The highest BCUT2D eigenvalue weighted by molar-refractivity contribution is 5.83. The van der Waals surface area contributed by atoms with Crippen LogP contribution in [0.3, 0.4) is 0 Å². The van der Waals surface area contributed by atoms with Gasteiger partial charge in [-0.1, -0.05) is 43.0 Å². The van der Waals surface area contributed by atoms with Gasteiger partial charge in [0.25, 0.3) is 0 Å². The summed E-state index contributed by atoms with van der Waals surface area (Å²) >= 11 is 0. The Morgan fingerprint density at radius 3 is 2.78 bits per heavy atom. The van der Waals surface area contributed by atoms with E-state index in [-0.39, 0.29) is 5.75 Å². The van der Waals surface area contributed by atoms with E-state index in [1.54, 1.807) is 36.7 Å². The molecule has 0 unspecified atom stereocenters. The van der Waals surface area contributed by atoms with Crippen LogP contribution in [0.25, 0.3) is 11.1 Å². The van der Waals surface area contributed by atoms with Gasteiger partial charge in [-0.15, -0.1) is 0 Å². The maximum absolute atomic E-state index is 9.51. The van der Waals surface area contributed by atoms with Crippen molar-refractivity contribution in [2.75, 3.05) is 5.43 Å². The molecule has 2 N–H and O–H groups in total. The van der Waals surface area contributed by atoms with Gasteiger partial charge in [0.2, 0.25) is 0 Å². The van der Waals surface area contributed by atoms with Crippen LogP contribution < -0.4 is 5.43 Å². The van der Waals surface area contributed by atoms with Crippen LogP contribution in [-0.2, 0) is 0 Å². The van der Waals surface area contributed by atoms with Crippen LogP contribution in [0.5, 0.6) is 5.75 Å². The second-order valence-corrected chi connectivity index (χ2v) is 4.75. The third kappa shape index (κ3) is 4.97. The standard InChI is InChI=1S/C19H19N3O/c1-3-6-15(7-4-2)13-21-22-19-11-10-17(14-20-19)16-8-5-9-18(23)12-16/h3-14,23H,1H2,2H3,(H,20,22)/b7-4-,15-6+,21-13+. The lowest BCUT2D eigenvalue weighted by Crippen LogP contribution is -1.93. The number of benzene rings is 1. The molecule has 0 bridgehead atoms. The molecule has 0 aliphatic heterocycles. The van der Waals surface area contributed by atoms with Gasteiger partial charge in [-0.05, 0) is 42.3 Å². The van der Waals surface area contributed by atoms with Crippen LogP contribution in [0.4, 0.5) is 5.82 Å². The average Bonchev–Trinajstić information content (AvgIpc) is 2.56. The predicted molar refractivity (Wildman–Crippen MR) is 96.5 cm³/mol. The summed E-state index contributed by atoms with van der Waals surface area (Å²) in [7, 11) is 0. The molecule has 1 heterocycles. The minimum atomic E-state index is 0.236. The second kappa shape index (κ2) is 8.34. The number of phenols is 1. The van der Waals surface area contributed by atoms with Gasteiger partial charge >= 0.3 is 0 Å². The first-order valence-electron chi connectivity index (χ1n) is 7.23. The van der Waals surface area contributed by atoms with Crippen LogP contribution >= 0.6 is 0 Å². The van der Waals surface area contributed by atoms with Crippen molar-refractivity contribution < 1.29 is 5.11 Å². The summed E-state index contributed by atoms with van der Waals surface area (Å²) in [6.45, 7) is 5.62.